The van der Waals surface area contributed by atoms with Crippen LogP contribution in [-0.2, 0) is 4.79 Å². The van der Waals surface area contributed by atoms with E-state index in [0.29, 0.717) is 10.8 Å². The van der Waals surface area contributed by atoms with Gasteiger partial charge in [0.15, 0.2) is 0 Å². The zero-order chi connectivity index (χ0) is 23.9. The van der Waals surface area contributed by atoms with Crippen LogP contribution in [0.2, 0.25) is 5.02 Å². The molecule has 2 atom stereocenters. The Morgan fingerprint density at radius 2 is 1.91 bits per heavy atom. The lowest BCUT2D eigenvalue weighted by Gasteiger charge is -2.27. The summed E-state index contributed by atoms with van der Waals surface area (Å²) in [6.07, 6.45) is 3.12. The minimum Gasteiger partial charge on any atom is -0.484 e. The molecule has 1 aliphatic rings. The molecule has 1 N–H and O–H groups in total. The molecule has 4 aromatic rings. The van der Waals surface area contributed by atoms with E-state index in [1.54, 1.807) is 23.0 Å². The van der Waals surface area contributed by atoms with Crippen molar-refractivity contribution in [3.63, 3.8) is 0 Å². The molecule has 1 amide bonds. The van der Waals surface area contributed by atoms with Gasteiger partial charge < -0.3 is 10.1 Å². The summed E-state index contributed by atoms with van der Waals surface area (Å²) in [6, 6.07) is 19.1. The molecule has 34 heavy (non-hydrogen) atoms. The van der Waals surface area contributed by atoms with Crippen molar-refractivity contribution in [2.45, 2.75) is 38.8 Å². The number of halogens is 2. The molecule has 0 radical (unpaired) electrons. The van der Waals surface area contributed by atoms with E-state index in [4.69, 9.17) is 16.3 Å². The summed E-state index contributed by atoms with van der Waals surface area (Å²) >= 11 is 6.26. The number of nitrogens with zero attached hydrogens (tertiary/aromatic N) is 2. The Hall–Kier alpha value is -3.38. The molecular formula is C27H25ClFN3O2. The Morgan fingerprint density at radius 3 is 2.62 bits per heavy atom. The van der Waals surface area contributed by atoms with Crippen LogP contribution in [0.4, 0.5) is 4.39 Å². The van der Waals surface area contributed by atoms with Crippen molar-refractivity contribution in [1.82, 2.24) is 15.1 Å². The second-order valence-corrected chi connectivity index (χ2v) is 9.61. The van der Waals surface area contributed by atoms with Gasteiger partial charge in [0.1, 0.15) is 17.7 Å². The number of rotatable bonds is 7. The van der Waals surface area contributed by atoms with Gasteiger partial charge in [0, 0.05) is 15.8 Å². The summed E-state index contributed by atoms with van der Waals surface area (Å²) in [6.45, 7) is 3.93. The van der Waals surface area contributed by atoms with Crippen LogP contribution in [0, 0.1) is 11.2 Å². The largest absolute Gasteiger partial charge is 0.484 e. The molecule has 174 valence electrons. The van der Waals surface area contributed by atoms with Gasteiger partial charge in [0.25, 0.3) is 0 Å². The summed E-state index contributed by atoms with van der Waals surface area (Å²) in [5, 5.41) is 9.08. The van der Waals surface area contributed by atoms with E-state index < -0.39 is 6.10 Å². The first-order valence-electron chi connectivity index (χ1n) is 11.3. The highest BCUT2D eigenvalue weighted by Crippen LogP contribution is 2.45. The number of ether oxygens (including phenoxy) is 1. The van der Waals surface area contributed by atoms with E-state index in [1.165, 1.54) is 12.1 Å². The average molecular weight is 478 g/mol. The molecular weight excluding hydrogens is 453 g/mol. The summed E-state index contributed by atoms with van der Waals surface area (Å²) in [5.74, 6) is 0.404. The first-order valence-corrected chi connectivity index (χ1v) is 11.7. The second-order valence-electron chi connectivity index (χ2n) is 9.17. The fourth-order valence-corrected chi connectivity index (χ4v) is 4.23. The van der Waals surface area contributed by atoms with Crippen molar-refractivity contribution in [3.05, 3.63) is 89.3 Å². The lowest BCUT2D eigenvalue weighted by Crippen LogP contribution is -2.42. The molecule has 1 saturated carbocycles. The Kier molecular flexibility index (Phi) is 5.78. The zero-order valence-corrected chi connectivity index (χ0v) is 19.7. The highest BCUT2D eigenvalue weighted by atomic mass is 35.5. The van der Waals surface area contributed by atoms with Gasteiger partial charge in [-0.05, 0) is 79.9 Å². The van der Waals surface area contributed by atoms with E-state index in [0.717, 1.165) is 35.0 Å². The molecule has 1 aliphatic carbocycles. The lowest BCUT2D eigenvalue weighted by molar-refractivity contribution is -0.127. The molecule has 0 aliphatic heterocycles. The van der Waals surface area contributed by atoms with Gasteiger partial charge in [0.05, 0.1) is 23.4 Å². The fourth-order valence-electron chi connectivity index (χ4n) is 4.03. The maximum Gasteiger partial charge on any atom is 0.226 e. The second kappa shape index (κ2) is 8.76. The quantitative estimate of drug-likeness (QED) is 0.342. The number of aromatic nitrogens is 2. The minimum absolute atomic E-state index is 0.0478. The molecule has 0 bridgehead atoms. The zero-order valence-electron chi connectivity index (χ0n) is 19.0. The predicted molar refractivity (Wildman–Crippen MR) is 131 cm³/mol. The highest BCUT2D eigenvalue weighted by molar-refractivity contribution is 6.30. The monoisotopic (exact) mass is 477 g/mol. The van der Waals surface area contributed by atoms with Gasteiger partial charge in [-0.3, -0.25) is 4.79 Å². The number of hydrogen-bond acceptors (Lipinski definition) is 3. The predicted octanol–water partition coefficient (Wildman–Crippen LogP) is 6.24. The standard InChI is InChI=1S/C27H25ClFN3O2/c1-17(31-26(33)27(2)12-13-27)25(18-4-3-5-20(28)14-18)34-23-10-11-24-19(15-23)16-30-32(24)22-8-6-21(29)7-9-22/h3-11,14-17,25H,12-13H2,1-2H3,(H,31,33)/t17-,25?/m0/s1. The van der Waals surface area contributed by atoms with E-state index in [1.807, 2.05) is 56.3 Å². The number of nitrogens with one attached hydrogen (secondary N) is 1. The van der Waals surface area contributed by atoms with E-state index in [-0.39, 0.29) is 23.2 Å². The van der Waals surface area contributed by atoms with Gasteiger partial charge >= 0.3 is 0 Å². The first-order chi connectivity index (χ1) is 16.3. The smallest absolute Gasteiger partial charge is 0.226 e. The van der Waals surface area contributed by atoms with Crippen molar-refractivity contribution in [3.8, 4) is 11.4 Å². The fraction of sp³-hybridized carbons (Fsp3) is 0.259. The molecule has 1 heterocycles. The van der Waals surface area contributed by atoms with Gasteiger partial charge in [-0.1, -0.05) is 30.7 Å². The van der Waals surface area contributed by atoms with Gasteiger partial charge in [-0.2, -0.15) is 5.10 Å². The summed E-state index contributed by atoms with van der Waals surface area (Å²) in [7, 11) is 0. The third-order valence-electron chi connectivity index (χ3n) is 6.41. The minimum atomic E-state index is -0.436. The Bertz CT molecular complexity index is 1350. The molecule has 7 heteroatoms. The summed E-state index contributed by atoms with van der Waals surface area (Å²) in [5.41, 5.74) is 2.25. The van der Waals surface area contributed by atoms with E-state index in [2.05, 4.69) is 10.4 Å². The summed E-state index contributed by atoms with van der Waals surface area (Å²) < 4.78 is 21.5. The number of benzene rings is 3. The van der Waals surface area contributed by atoms with Crippen LogP contribution in [0.3, 0.4) is 0 Å². The van der Waals surface area contributed by atoms with Crippen molar-refractivity contribution in [2.75, 3.05) is 0 Å². The van der Waals surface area contributed by atoms with E-state index in [9.17, 15) is 9.18 Å². The number of carbonyl (C=O) groups excluding carboxylic acids is 1. The number of hydrogen-bond donors (Lipinski definition) is 1. The SMILES string of the molecule is C[C@H](NC(=O)C1(C)CC1)C(Oc1ccc2c(cnn2-c2ccc(F)cc2)c1)c1cccc(Cl)c1. The van der Waals surface area contributed by atoms with Gasteiger partial charge in [0.2, 0.25) is 5.91 Å². The Morgan fingerprint density at radius 1 is 1.15 bits per heavy atom. The first kappa shape index (κ1) is 22.4. The number of amides is 1. The third kappa shape index (κ3) is 4.50. The van der Waals surface area contributed by atoms with Crippen molar-refractivity contribution < 1.29 is 13.9 Å². The maximum atomic E-state index is 13.3. The molecule has 1 fully saturated rings. The van der Waals surface area contributed by atoms with Gasteiger partial charge in [-0.25, -0.2) is 9.07 Å². The highest BCUT2D eigenvalue weighted by Gasteiger charge is 2.45. The topological polar surface area (TPSA) is 56.1 Å². The van der Waals surface area contributed by atoms with Crippen LogP contribution < -0.4 is 10.1 Å². The van der Waals surface area contributed by atoms with Gasteiger partial charge in [-0.15, -0.1) is 0 Å². The van der Waals surface area contributed by atoms with Crippen molar-refractivity contribution in [1.29, 1.82) is 0 Å². The molecule has 1 aromatic heterocycles. The van der Waals surface area contributed by atoms with Crippen LogP contribution in [0.25, 0.3) is 16.6 Å². The third-order valence-corrected chi connectivity index (χ3v) is 6.65. The normalized spacial score (nSPS) is 16.1. The van der Waals surface area contributed by atoms with Crippen LogP contribution in [-0.4, -0.2) is 21.7 Å². The Balaban J connectivity index is 1.43. The van der Waals surface area contributed by atoms with E-state index >= 15 is 0 Å². The van der Waals surface area contributed by atoms with Crippen LogP contribution in [0.15, 0.2) is 72.9 Å². The molecule has 0 spiro atoms. The van der Waals surface area contributed by atoms with Crippen LogP contribution in [0.5, 0.6) is 5.75 Å². The van der Waals surface area contributed by atoms with Crippen LogP contribution >= 0.6 is 11.6 Å². The molecule has 0 saturated heterocycles. The number of fused-ring (bicyclic) bond motifs is 1. The Labute approximate surface area is 202 Å². The maximum absolute atomic E-state index is 13.3. The summed E-state index contributed by atoms with van der Waals surface area (Å²) in [4.78, 5) is 12.7. The van der Waals surface area contributed by atoms with Crippen LogP contribution in [0.1, 0.15) is 38.4 Å². The molecule has 3 aromatic carbocycles. The number of carbonyl (C=O) groups is 1. The van der Waals surface area contributed by atoms with Crippen molar-refractivity contribution >= 4 is 28.4 Å². The molecule has 1 unspecified atom stereocenters. The van der Waals surface area contributed by atoms with Crippen molar-refractivity contribution in [2.24, 2.45) is 5.41 Å². The average Bonchev–Trinajstić information content (AvgIpc) is 3.44. The molecule has 5 nitrogen and oxygen atoms in total. The molecule has 5 rings (SSSR count). The lowest BCUT2D eigenvalue weighted by atomic mass is 10.0.